The SMILES string of the molecule is CC(=O)O.CC(=O)O.O.O.[NH-]C1CCCCC1.[NH2-].[Pt+2]. The fourth-order valence-electron chi connectivity index (χ4n) is 1.10. The van der Waals surface area contributed by atoms with Gasteiger partial charge in [-0.05, 0) is 0 Å². The van der Waals surface area contributed by atoms with Crippen LogP contribution in [0.4, 0.5) is 0 Å². The molecule has 0 aromatic carbocycles. The fraction of sp³-hybridized carbons (Fsp3) is 0.800. The number of hydrogen-bond donors (Lipinski definition) is 2. The molecule has 0 heterocycles. The molecule has 0 atom stereocenters. The van der Waals surface area contributed by atoms with Crippen LogP contribution >= 0.6 is 0 Å². The number of hydrogen-bond acceptors (Lipinski definition) is 2. The van der Waals surface area contributed by atoms with Crippen molar-refractivity contribution in [3.05, 3.63) is 11.9 Å². The number of rotatable bonds is 0. The summed E-state index contributed by atoms with van der Waals surface area (Å²) >= 11 is 0. The van der Waals surface area contributed by atoms with Crippen molar-refractivity contribution < 1.29 is 51.8 Å². The van der Waals surface area contributed by atoms with E-state index in [1.165, 1.54) is 19.3 Å². The normalized spacial score (nSPS) is 11.9. The van der Waals surface area contributed by atoms with Crippen molar-refractivity contribution >= 4 is 11.9 Å². The first-order valence-electron chi connectivity index (χ1n) is 4.96. The standard InChI is InChI=1S/C6H12N.2C2H4O2.H2N.2H2O.Pt/c7-6-4-2-1-3-5-6;2*1-2(3)4;;;;/h6-7H,1-5H2;2*1H3,(H,3,4);3*1H2;/q-1;;;-1;;;+2. The second kappa shape index (κ2) is 26.1. The smallest absolute Gasteiger partial charge is 0.693 e. The molecule has 8 nitrogen and oxygen atoms in total. The number of aliphatic carboxylic acids is 2. The molecule has 0 amide bonds. The van der Waals surface area contributed by atoms with Crippen molar-refractivity contribution in [2.75, 3.05) is 0 Å². The molecule has 0 radical (unpaired) electrons. The maximum Gasteiger partial charge on any atom is 2.00 e. The molecule has 0 unspecified atom stereocenters. The zero-order valence-electron chi connectivity index (χ0n) is 11.2. The second-order valence-corrected chi connectivity index (χ2v) is 3.37. The van der Waals surface area contributed by atoms with E-state index in [1.54, 1.807) is 0 Å². The molecular weight excluding hydrogens is 439 g/mol. The van der Waals surface area contributed by atoms with Gasteiger partial charge >= 0.3 is 21.1 Å². The van der Waals surface area contributed by atoms with Gasteiger partial charge in [0.2, 0.25) is 0 Å². The topological polar surface area (TPSA) is 195 Å². The van der Waals surface area contributed by atoms with Gasteiger partial charge in [-0.2, -0.15) is 0 Å². The van der Waals surface area contributed by atoms with E-state index < -0.39 is 11.9 Å². The van der Waals surface area contributed by atoms with Gasteiger partial charge in [0.1, 0.15) is 0 Å². The molecule has 122 valence electrons. The van der Waals surface area contributed by atoms with Gasteiger partial charge in [-0.25, -0.2) is 0 Å². The van der Waals surface area contributed by atoms with E-state index in [4.69, 9.17) is 25.5 Å². The van der Waals surface area contributed by atoms with Crippen molar-refractivity contribution in [1.29, 1.82) is 0 Å². The maximum atomic E-state index is 9.00. The molecule has 19 heavy (non-hydrogen) atoms. The van der Waals surface area contributed by atoms with Crippen LogP contribution in [0.25, 0.3) is 11.9 Å². The fourth-order valence-corrected chi connectivity index (χ4v) is 1.10. The predicted octanol–water partition coefficient (Wildman–Crippen LogP) is 1.62. The summed E-state index contributed by atoms with van der Waals surface area (Å²) in [7, 11) is 0. The van der Waals surface area contributed by atoms with E-state index in [0.717, 1.165) is 26.7 Å². The van der Waals surface area contributed by atoms with Gasteiger partial charge in [0.25, 0.3) is 11.9 Å². The van der Waals surface area contributed by atoms with E-state index in [-0.39, 0.29) is 44.2 Å². The zero-order valence-corrected chi connectivity index (χ0v) is 13.5. The van der Waals surface area contributed by atoms with Crippen LogP contribution in [0.1, 0.15) is 46.0 Å². The molecule has 9 N–H and O–H groups in total. The molecule has 0 spiro atoms. The summed E-state index contributed by atoms with van der Waals surface area (Å²) < 4.78 is 0. The minimum Gasteiger partial charge on any atom is -0.693 e. The molecule has 0 bridgehead atoms. The number of carboxylic acids is 2. The van der Waals surface area contributed by atoms with Crippen LogP contribution in [-0.4, -0.2) is 39.1 Å². The van der Waals surface area contributed by atoms with Gasteiger partial charge in [0.15, 0.2) is 0 Å². The maximum absolute atomic E-state index is 9.00. The molecule has 1 aliphatic rings. The Morgan fingerprint density at radius 2 is 1.16 bits per heavy atom. The van der Waals surface area contributed by atoms with E-state index >= 15 is 0 Å². The molecule has 0 aromatic heterocycles. The van der Waals surface area contributed by atoms with E-state index in [2.05, 4.69) is 0 Å². The monoisotopic (exact) mass is 465 g/mol. The van der Waals surface area contributed by atoms with Crippen LogP contribution in [-0.2, 0) is 30.7 Å². The first kappa shape index (κ1) is 36.3. The van der Waals surface area contributed by atoms with E-state index in [1.807, 2.05) is 0 Å². The Morgan fingerprint density at radius 1 is 0.947 bits per heavy atom. The molecule has 9 heteroatoms. The average Bonchev–Trinajstić information content (AvgIpc) is 2.03. The molecule has 0 saturated heterocycles. The van der Waals surface area contributed by atoms with Crippen LogP contribution in [0, 0.1) is 0 Å². The third-order valence-electron chi connectivity index (χ3n) is 1.61. The van der Waals surface area contributed by atoms with Gasteiger partial charge in [0, 0.05) is 13.8 Å². The Hall–Kier alpha value is -0.532. The summed E-state index contributed by atoms with van der Waals surface area (Å²) in [5.41, 5.74) is 7.27. The first-order chi connectivity index (χ1) is 6.86. The summed E-state index contributed by atoms with van der Waals surface area (Å²) in [6.45, 7) is 2.17. The van der Waals surface area contributed by atoms with E-state index in [9.17, 15) is 0 Å². The van der Waals surface area contributed by atoms with Crippen LogP contribution in [0.2, 0.25) is 0 Å². The van der Waals surface area contributed by atoms with Gasteiger partial charge < -0.3 is 33.0 Å². The molecule has 1 rings (SSSR count). The van der Waals surface area contributed by atoms with Crippen LogP contribution in [0.5, 0.6) is 0 Å². The number of nitrogens with one attached hydrogen (secondary N) is 1. The largest absolute Gasteiger partial charge is 2.00 e. The van der Waals surface area contributed by atoms with Crippen LogP contribution < -0.4 is 0 Å². The van der Waals surface area contributed by atoms with Crippen molar-refractivity contribution in [2.24, 2.45) is 0 Å². The average molecular weight is 465 g/mol. The number of carboxylic acid groups (broad SMARTS) is 2. The Kier molecular flexibility index (Phi) is 49.8. The zero-order chi connectivity index (χ0) is 12.3. The van der Waals surface area contributed by atoms with Crippen molar-refractivity contribution in [2.45, 2.75) is 52.0 Å². The quantitative estimate of drug-likeness (QED) is 0.549. The van der Waals surface area contributed by atoms with Gasteiger partial charge in [-0.3, -0.25) is 9.59 Å². The molecular formula is C10H26N2O6Pt. The minimum absolute atomic E-state index is 0. The Morgan fingerprint density at radius 3 is 1.26 bits per heavy atom. The Balaban J connectivity index is -0.0000000320. The Bertz CT molecular complexity index is 169. The first-order valence-corrected chi connectivity index (χ1v) is 4.96. The molecule has 1 fully saturated rings. The minimum atomic E-state index is -0.833. The molecule has 0 aliphatic heterocycles. The third kappa shape index (κ3) is 74.9. The van der Waals surface area contributed by atoms with Crippen molar-refractivity contribution in [3.63, 3.8) is 0 Å². The molecule has 0 aromatic rings. The number of carbonyl (C=O) groups is 2. The van der Waals surface area contributed by atoms with Crippen LogP contribution in [0.15, 0.2) is 0 Å². The van der Waals surface area contributed by atoms with Gasteiger partial charge in [-0.15, -0.1) is 6.04 Å². The molecule has 1 aliphatic carbocycles. The Labute approximate surface area is 128 Å². The summed E-state index contributed by atoms with van der Waals surface area (Å²) in [6.07, 6.45) is 6.28. The molecule has 1 saturated carbocycles. The van der Waals surface area contributed by atoms with Crippen molar-refractivity contribution in [3.8, 4) is 0 Å². The second-order valence-electron chi connectivity index (χ2n) is 3.37. The summed E-state index contributed by atoms with van der Waals surface area (Å²) in [6, 6.07) is 0.286. The summed E-state index contributed by atoms with van der Waals surface area (Å²) in [5.74, 6) is -1.67. The summed E-state index contributed by atoms with van der Waals surface area (Å²) in [5, 5.41) is 14.8. The van der Waals surface area contributed by atoms with Crippen molar-refractivity contribution in [1.82, 2.24) is 0 Å². The third-order valence-corrected chi connectivity index (χ3v) is 1.61. The van der Waals surface area contributed by atoms with E-state index in [0.29, 0.717) is 0 Å². The van der Waals surface area contributed by atoms with Gasteiger partial charge in [-0.1, -0.05) is 32.1 Å². The predicted molar refractivity (Wildman–Crippen MR) is 70.3 cm³/mol. The van der Waals surface area contributed by atoms with Gasteiger partial charge in [0.05, 0.1) is 0 Å². The number of nitrogens with two attached hydrogens (primary N) is 1. The summed E-state index contributed by atoms with van der Waals surface area (Å²) in [4.78, 5) is 18.0. The van der Waals surface area contributed by atoms with Crippen LogP contribution in [0.3, 0.4) is 0 Å².